The molecule has 0 fully saturated rings. The first-order valence-electron chi connectivity index (χ1n) is 5.78. The summed E-state index contributed by atoms with van der Waals surface area (Å²) in [6, 6.07) is 13.6. The van der Waals surface area contributed by atoms with Gasteiger partial charge < -0.3 is 4.74 Å². The van der Waals surface area contributed by atoms with Crippen LogP contribution in [-0.4, -0.2) is 17.3 Å². The van der Waals surface area contributed by atoms with Gasteiger partial charge in [-0.2, -0.15) is 4.99 Å². The van der Waals surface area contributed by atoms with E-state index in [4.69, 9.17) is 17.0 Å². The molecule has 0 saturated carbocycles. The van der Waals surface area contributed by atoms with Gasteiger partial charge in [-0.15, -0.1) is 0 Å². The molecule has 0 unspecified atom stereocenters. The molecule has 0 aliphatic carbocycles. The van der Waals surface area contributed by atoms with Gasteiger partial charge in [0, 0.05) is 10.8 Å². The van der Waals surface area contributed by atoms with E-state index in [9.17, 15) is 0 Å². The second-order valence-electron chi connectivity index (χ2n) is 4.04. The van der Waals surface area contributed by atoms with Crippen molar-refractivity contribution in [2.75, 3.05) is 7.11 Å². The fraction of sp³-hybridized carbons (Fsp3) is 0.0667. The van der Waals surface area contributed by atoms with Gasteiger partial charge >= 0.3 is 0 Å². The Morgan fingerprint density at radius 2 is 1.89 bits per heavy atom. The minimum absolute atomic E-state index is 0.726. The number of benzene rings is 2. The van der Waals surface area contributed by atoms with Crippen molar-refractivity contribution < 1.29 is 4.74 Å². The van der Waals surface area contributed by atoms with Crippen LogP contribution in [0.1, 0.15) is 0 Å². The SMILES string of the molecule is COc1cccc2c(N=C=S)c3ccccc3nc12. The summed E-state index contributed by atoms with van der Waals surface area (Å²) >= 11 is 4.75. The quantitative estimate of drug-likeness (QED) is 0.397. The molecule has 3 aromatic rings. The molecule has 0 atom stereocenters. The summed E-state index contributed by atoms with van der Waals surface area (Å²) in [4.78, 5) is 8.85. The summed E-state index contributed by atoms with van der Waals surface area (Å²) in [5.41, 5.74) is 2.44. The number of hydrogen-bond donors (Lipinski definition) is 0. The van der Waals surface area contributed by atoms with Crippen molar-refractivity contribution in [2.45, 2.75) is 0 Å². The number of thiocarbonyl (C=S) groups is 1. The number of methoxy groups -OCH3 is 1. The van der Waals surface area contributed by atoms with Gasteiger partial charge in [-0.25, -0.2) is 4.98 Å². The van der Waals surface area contributed by atoms with Crippen LogP contribution in [0.15, 0.2) is 47.5 Å². The highest BCUT2D eigenvalue weighted by molar-refractivity contribution is 7.78. The molecule has 0 radical (unpaired) electrons. The summed E-state index contributed by atoms with van der Waals surface area (Å²) in [6.07, 6.45) is 0. The summed E-state index contributed by atoms with van der Waals surface area (Å²) in [6.45, 7) is 0. The average Bonchev–Trinajstić information content (AvgIpc) is 2.46. The Kier molecular flexibility index (Phi) is 2.95. The third kappa shape index (κ3) is 1.87. The van der Waals surface area contributed by atoms with Gasteiger partial charge in [0.05, 0.1) is 23.5 Å². The summed E-state index contributed by atoms with van der Waals surface area (Å²) < 4.78 is 5.36. The Labute approximate surface area is 115 Å². The van der Waals surface area contributed by atoms with Crippen molar-refractivity contribution in [3.8, 4) is 5.75 Å². The van der Waals surface area contributed by atoms with E-state index in [1.54, 1.807) is 7.11 Å². The number of aliphatic imine (C=N–C) groups is 1. The summed E-state index contributed by atoms with van der Waals surface area (Å²) in [5.74, 6) is 0.726. The van der Waals surface area contributed by atoms with E-state index in [0.717, 1.165) is 33.2 Å². The Morgan fingerprint density at radius 3 is 2.68 bits per heavy atom. The lowest BCUT2D eigenvalue weighted by atomic mass is 10.1. The van der Waals surface area contributed by atoms with Crippen molar-refractivity contribution >= 4 is 44.9 Å². The lowest BCUT2D eigenvalue weighted by Gasteiger charge is -2.08. The van der Waals surface area contributed by atoms with Gasteiger partial charge in [0.1, 0.15) is 11.3 Å². The zero-order valence-electron chi connectivity index (χ0n) is 10.3. The third-order valence-electron chi connectivity index (χ3n) is 3.02. The molecule has 0 saturated heterocycles. The number of pyridine rings is 1. The van der Waals surface area contributed by atoms with Crippen LogP contribution in [0.5, 0.6) is 5.75 Å². The highest BCUT2D eigenvalue weighted by Gasteiger charge is 2.11. The molecule has 3 nitrogen and oxygen atoms in total. The Morgan fingerprint density at radius 1 is 1.11 bits per heavy atom. The van der Waals surface area contributed by atoms with Crippen LogP contribution in [0.4, 0.5) is 5.69 Å². The molecule has 0 aliphatic rings. The molecule has 1 heterocycles. The van der Waals surface area contributed by atoms with Gasteiger partial charge in [-0.3, -0.25) is 0 Å². The molecule has 3 rings (SSSR count). The van der Waals surface area contributed by atoms with Crippen molar-refractivity contribution in [3.05, 3.63) is 42.5 Å². The van der Waals surface area contributed by atoms with Gasteiger partial charge in [0.15, 0.2) is 0 Å². The molecule has 0 aliphatic heterocycles. The molecular formula is C15H10N2OS. The van der Waals surface area contributed by atoms with E-state index in [1.807, 2.05) is 42.5 Å². The number of ether oxygens (including phenoxy) is 1. The van der Waals surface area contributed by atoms with Gasteiger partial charge in [-0.05, 0) is 24.4 Å². The maximum absolute atomic E-state index is 5.36. The first-order chi connectivity index (χ1) is 9.35. The van der Waals surface area contributed by atoms with E-state index in [1.165, 1.54) is 0 Å². The molecule has 0 N–H and O–H groups in total. The highest BCUT2D eigenvalue weighted by Crippen LogP contribution is 2.36. The maximum atomic E-state index is 5.36. The molecule has 4 heteroatoms. The number of aromatic nitrogens is 1. The number of isothiocyanates is 1. The molecule has 19 heavy (non-hydrogen) atoms. The normalized spacial score (nSPS) is 10.4. The first kappa shape index (κ1) is 11.8. The molecule has 0 bridgehead atoms. The van der Waals surface area contributed by atoms with E-state index in [-0.39, 0.29) is 0 Å². The average molecular weight is 266 g/mol. The topological polar surface area (TPSA) is 34.5 Å². The van der Waals surface area contributed by atoms with Crippen molar-refractivity contribution in [1.29, 1.82) is 0 Å². The number of rotatable bonds is 2. The van der Waals surface area contributed by atoms with Crippen molar-refractivity contribution in [2.24, 2.45) is 4.99 Å². The van der Waals surface area contributed by atoms with Crippen LogP contribution in [0, 0.1) is 0 Å². The van der Waals surface area contributed by atoms with Gasteiger partial charge in [0.2, 0.25) is 0 Å². The third-order valence-corrected chi connectivity index (χ3v) is 3.11. The van der Waals surface area contributed by atoms with Crippen LogP contribution >= 0.6 is 12.2 Å². The number of fused-ring (bicyclic) bond motifs is 2. The Hall–Kier alpha value is -2.29. The highest BCUT2D eigenvalue weighted by atomic mass is 32.1. The van der Waals surface area contributed by atoms with Crippen LogP contribution in [0.2, 0.25) is 0 Å². The van der Waals surface area contributed by atoms with Gasteiger partial charge in [0.25, 0.3) is 0 Å². The summed E-state index contributed by atoms with van der Waals surface area (Å²) in [5, 5.41) is 4.32. The van der Waals surface area contributed by atoms with E-state index in [0.29, 0.717) is 0 Å². The smallest absolute Gasteiger partial charge is 0.145 e. The standard InChI is InChI=1S/C15H10N2OS/c1-18-13-8-4-6-11-14(16-9-19)10-5-2-3-7-12(10)17-15(11)13/h2-8H,1H3. The number of hydrogen-bond acceptors (Lipinski definition) is 4. The Bertz CT molecular complexity index is 823. The lowest BCUT2D eigenvalue weighted by Crippen LogP contribution is -1.89. The predicted octanol–water partition coefficient (Wildman–Crippen LogP) is 4.13. The number of nitrogens with zero attached hydrogens (tertiary/aromatic N) is 2. The van der Waals surface area contributed by atoms with E-state index >= 15 is 0 Å². The first-order valence-corrected chi connectivity index (χ1v) is 6.19. The number of para-hydroxylation sites is 2. The second kappa shape index (κ2) is 4.76. The molecule has 1 aromatic heterocycles. The predicted molar refractivity (Wildman–Crippen MR) is 80.5 cm³/mol. The molecule has 92 valence electrons. The van der Waals surface area contributed by atoms with E-state index < -0.39 is 0 Å². The minimum Gasteiger partial charge on any atom is -0.494 e. The minimum atomic E-state index is 0.726. The fourth-order valence-corrected chi connectivity index (χ4v) is 2.29. The van der Waals surface area contributed by atoms with Crippen LogP contribution in [0.3, 0.4) is 0 Å². The summed E-state index contributed by atoms with van der Waals surface area (Å²) in [7, 11) is 1.63. The Balaban J connectivity index is 2.58. The second-order valence-corrected chi connectivity index (χ2v) is 4.22. The zero-order chi connectivity index (χ0) is 13.2. The van der Waals surface area contributed by atoms with Crippen molar-refractivity contribution in [1.82, 2.24) is 4.98 Å². The maximum Gasteiger partial charge on any atom is 0.145 e. The molecule has 2 aromatic carbocycles. The van der Waals surface area contributed by atoms with E-state index in [2.05, 4.69) is 15.1 Å². The van der Waals surface area contributed by atoms with Crippen molar-refractivity contribution in [3.63, 3.8) is 0 Å². The largest absolute Gasteiger partial charge is 0.494 e. The zero-order valence-corrected chi connectivity index (χ0v) is 11.1. The van der Waals surface area contributed by atoms with Gasteiger partial charge in [-0.1, -0.05) is 30.3 Å². The lowest BCUT2D eigenvalue weighted by molar-refractivity contribution is 0.419. The van der Waals surface area contributed by atoms with Crippen LogP contribution in [-0.2, 0) is 0 Å². The molecule has 0 amide bonds. The van der Waals surface area contributed by atoms with Crippen LogP contribution in [0.25, 0.3) is 21.8 Å². The monoisotopic (exact) mass is 266 g/mol. The van der Waals surface area contributed by atoms with Crippen LogP contribution < -0.4 is 4.74 Å². The molecular weight excluding hydrogens is 256 g/mol. The fourth-order valence-electron chi connectivity index (χ4n) is 2.20. The molecule has 0 spiro atoms.